The molecule has 1 heterocycles. The Bertz CT molecular complexity index is 975. The number of para-hydroxylation sites is 1. The lowest BCUT2D eigenvalue weighted by atomic mass is 10.0. The summed E-state index contributed by atoms with van der Waals surface area (Å²) in [5.41, 5.74) is 14.9. The normalized spacial score (nSPS) is 15.8. The van der Waals surface area contributed by atoms with Crippen LogP contribution in [0, 0.1) is 0 Å². The van der Waals surface area contributed by atoms with Gasteiger partial charge in [0.1, 0.15) is 5.82 Å². The number of nitrogens with one attached hydrogen (secondary N) is 1. The molecule has 1 fully saturated rings. The molecule has 132 valence electrons. The summed E-state index contributed by atoms with van der Waals surface area (Å²) in [6, 6.07) is 16.2. The molecule has 6 nitrogen and oxygen atoms in total. The molecule has 1 saturated carbocycles. The maximum Gasteiger partial charge on any atom is 0.195 e. The van der Waals surface area contributed by atoms with Crippen LogP contribution in [0.2, 0.25) is 0 Å². The maximum absolute atomic E-state index is 5.97. The molecule has 6 heteroatoms. The summed E-state index contributed by atoms with van der Waals surface area (Å²) < 4.78 is 0. The number of anilines is 1. The van der Waals surface area contributed by atoms with Crippen molar-refractivity contribution >= 4 is 22.7 Å². The van der Waals surface area contributed by atoms with Crippen LogP contribution in [0.1, 0.15) is 31.2 Å². The van der Waals surface area contributed by atoms with Crippen molar-refractivity contribution in [2.24, 2.45) is 16.5 Å². The van der Waals surface area contributed by atoms with Gasteiger partial charge >= 0.3 is 0 Å². The first kappa shape index (κ1) is 16.5. The minimum absolute atomic E-state index is 0.241. The fraction of sp³-hybridized carbons (Fsp3) is 0.250. The van der Waals surface area contributed by atoms with Gasteiger partial charge < -0.3 is 16.8 Å². The quantitative estimate of drug-likeness (QED) is 0.497. The van der Waals surface area contributed by atoms with Gasteiger partial charge in [0.25, 0.3) is 0 Å². The molecule has 3 aromatic rings. The molecule has 1 atom stereocenters. The van der Waals surface area contributed by atoms with Crippen molar-refractivity contribution in [1.82, 2.24) is 9.97 Å². The fourth-order valence-electron chi connectivity index (χ4n) is 3.12. The van der Waals surface area contributed by atoms with E-state index in [1.54, 1.807) is 6.92 Å². The lowest BCUT2D eigenvalue weighted by molar-refractivity contribution is 0.790. The van der Waals surface area contributed by atoms with Gasteiger partial charge in [-0.15, -0.1) is 0 Å². The second-order valence-corrected chi connectivity index (χ2v) is 6.65. The van der Waals surface area contributed by atoms with Gasteiger partial charge in [0, 0.05) is 10.9 Å². The van der Waals surface area contributed by atoms with Crippen LogP contribution < -0.4 is 16.8 Å². The summed E-state index contributed by atoms with van der Waals surface area (Å²) in [6.07, 6.45) is 2.07. The van der Waals surface area contributed by atoms with Crippen LogP contribution in [0.25, 0.3) is 22.3 Å². The van der Waals surface area contributed by atoms with Crippen molar-refractivity contribution in [1.29, 1.82) is 0 Å². The Balaban J connectivity index is 1.84. The number of benzene rings is 2. The summed E-state index contributed by atoms with van der Waals surface area (Å²) in [5, 5.41) is 3.98. The van der Waals surface area contributed by atoms with Crippen LogP contribution in [0.5, 0.6) is 0 Å². The average Bonchev–Trinajstić information content (AvgIpc) is 3.46. The minimum atomic E-state index is -0.384. The second-order valence-electron chi connectivity index (χ2n) is 6.65. The summed E-state index contributed by atoms with van der Waals surface area (Å²) in [7, 11) is 0. The van der Waals surface area contributed by atoms with Gasteiger partial charge in [-0.05, 0) is 43.4 Å². The topological polar surface area (TPSA) is 102 Å². The average molecular weight is 346 g/mol. The van der Waals surface area contributed by atoms with Crippen molar-refractivity contribution in [3.05, 3.63) is 54.1 Å². The van der Waals surface area contributed by atoms with Crippen LogP contribution in [-0.2, 0) is 0 Å². The Morgan fingerprint density at radius 3 is 2.62 bits per heavy atom. The molecule has 1 aliphatic carbocycles. The third kappa shape index (κ3) is 3.36. The molecule has 0 bridgehead atoms. The Kier molecular flexibility index (Phi) is 4.26. The highest BCUT2D eigenvalue weighted by Crippen LogP contribution is 2.44. The molecule has 26 heavy (non-hydrogen) atoms. The summed E-state index contributed by atoms with van der Waals surface area (Å²) >= 11 is 0. The van der Waals surface area contributed by atoms with E-state index >= 15 is 0 Å². The van der Waals surface area contributed by atoms with Crippen molar-refractivity contribution in [2.75, 3.05) is 5.32 Å². The number of hydrogen-bond acceptors (Lipinski definition) is 4. The van der Waals surface area contributed by atoms with Gasteiger partial charge in [0.15, 0.2) is 11.8 Å². The molecule has 2 aromatic carbocycles. The number of fused-ring (bicyclic) bond motifs is 1. The Morgan fingerprint density at radius 1 is 1.12 bits per heavy atom. The lowest BCUT2D eigenvalue weighted by Crippen LogP contribution is -2.27. The maximum atomic E-state index is 5.97. The number of rotatable bonds is 4. The highest BCUT2D eigenvalue weighted by Gasteiger charge is 2.27. The molecular weight excluding hydrogens is 324 g/mol. The number of hydrogen-bond donors (Lipinski definition) is 3. The van der Waals surface area contributed by atoms with Gasteiger partial charge in [-0.1, -0.05) is 36.4 Å². The number of nitrogens with two attached hydrogens (primary N) is 2. The molecule has 0 spiro atoms. The molecule has 0 saturated heterocycles. The molecule has 5 N–H and O–H groups in total. The molecule has 1 unspecified atom stereocenters. The van der Waals surface area contributed by atoms with Crippen LogP contribution in [0.4, 0.5) is 5.82 Å². The van der Waals surface area contributed by atoms with E-state index in [-0.39, 0.29) is 12.1 Å². The smallest absolute Gasteiger partial charge is 0.195 e. The van der Waals surface area contributed by atoms with E-state index in [4.69, 9.17) is 21.4 Å². The van der Waals surface area contributed by atoms with E-state index in [1.807, 2.05) is 30.3 Å². The van der Waals surface area contributed by atoms with Crippen molar-refractivity contribution < 1.29 is 0 Å². The predicted molar refractivity (Wildman–Crippen MR) is 106 cm³/mol. The zero-order chi connectivity index (χ0) is 18.1. The SMILES string of the molecule is CC(N)N=C(N)Nc1nc(-c2ccccc2C2CC2)nc2ccccc12. The number of guanidine groups is 1. The van der Waals surface area contributed by atoms with E-state index in [2.05, 4.69) is 28.5 Å². The molecule has 0 amide bonds. The Hall–Kier alpha value is -2.99. The summed E-state index contributed by atoms with van der Waals surface area (Å²) in [4.78, 5) is 13.7. The number of aromatic nitrogens is 2. The van der Waals surface area contributed by atoms with Gasteiger partial charge in [-0.2, -0.15) is 0 Å². The van der Waals surface area contributed by atoms with Gasteiger partial charge in [0.2, 0.25) is 0 Å². The molecule has 1 aromatic heterocycles. The zero-order valence-corrected chi connectivity index (χ0v) is 14.7. The highest BCUT2D eigenvalue weighted by atomic mass is 15.2. The van der Waals surface area contributed by atoms with Crippen LogP contribution in [0.15, 0.2) is 53.5 Å². The van der Waals surface area contributed by atoms with Crippen molar-refractivity contribution in [2.45, 2.75) is 31.8 Å². The molecule has 4 rings (SSSR count). The number of nitrogens with zero attached hydrogens (tertiary/aromatic N) is 3. The molecule has 0 radical (unpaired) electrons. The van der Waals surface area contributed by atoms with E-state index in [0.717, 1.165) is 16.5 Å². The van der Waals surface area contributed by atoms with E-state index in [0.29, 0.717) is 17.6 Å². The lowest BCUT2D eigenvalue weighted by Gasteiger charge is -2.13. The summed E-state index contributed by atoms with van der Waals surface area (Å²) in [6.45, 7) is 1.77. The predicted octanol–water partition coefficient (Wildman–Crippen LogP) is 3.21. The first-order chi connectivity index (χ1) is 12.6. The van der Waals surface area contributed by atoms with Crippen LogP contribution in [0.3, 0.4) is 0 Å². The monoisotopic (exact) mass is 346 g/mol. The van der Waals surface area contributed by atoms with Gasteiger partial charge in [-0.25, -0.2) is 15.0 Å². The molecular formula is C20H22N6. The van der Waals surface area contributed by atoms with Crippen molar-refractivity contribution in [3.63, 3.8) is 0 Å². The second kappa shape index (κ2) is 6.72. The highest BCUT2D eigenvalue weighted by molar-refractivity contribution is 6.00. The van der Waals surface area contributed by atoms with Crippen LogP contribution >= 0.6 is 0 Å². The Labute approximate surface area is 152 Å². The fourth-order valence-corrected chi connectivity index (χ4v) is 3.12. The molecule has 0 aliphatic heterocycles. The third-order valence-electron chi connectivity index (χ3n) is 4.41. The first-order valence-electron chi connectivity index (χ1n) is 8.84. The van der Waals surface area contributed by atoms with E-state index in [9.17, 15) is 0 Å². The van der Waals surface area contributed by atoms with Gasteiger partial charge in [0.05, 0.1) is 11.7 Å². The van der Waals surface area contributed by atoms with E-state index < -0.39 is 0 Å². The van der Waals surface area contributed by atoms with Crippen LogP contribution in [-0.4, -0.2) is 22.1 Å². The Morgan fingerprint density at radius 2 is 1.85 bits per heavy atom. The largest absolute Gasteiger partial charge is 0.370 e. The number of aliphatic imine (C=N–C) groups is 1. The van der Waals surface area contributed by atoms with Gasteiger partial charge in [-0.3, -0.25) is 0 Å². The first-order valence-corrected chi connectivity index (χ1v) is 8.84. The summed E-state index contributed by atoms with van der Waals surface area (Å²) in [5.74, 6) is 2.19. The zero-order valence-electron chi connectivity index (χ0n) is 14.7. The van der Waals surface area contributed by atoms with E-state index in [1.165, 1.54) is 18.4 Å². The minimum Gasteiger partial charge on any atom is -0.370 e. The standard InChI is InChI=1S/C20H22N6/c1-12(21)23-20(22)26-19-16-8-4-5-9-17(16)24-18(25-19)15-7-3-2-6-14(15)13-10-11-13/h2-9,12-13H,10-11,21H2,1H3,(H3,22,23,24,25,26). The van der Waals surface area contributed by atoms with Crippen molar-refractivity contribution in [3.8, 4) is 11.4 Å². The third-order valence-corrected chi connectivity index (χ3v) is 4.41. The molecule has 1 aliphatic rings.